The number of nitrogens with one attached hydrogen (secondary N) is 1. The van der Waals surface area contributed by atoms with Crippen molar-refractivity contribution in [2.75, 3.05) is 12.9 Å². The van der Waals surface area contributed by atoms with Crippen molar-refractivity contribution in [2.24, 2.45) is 5.73 Å². The van der Waals surface area contributed by atoms with E-state index in [2.05, 4.69) is 12.2 Å². The van der Waals surface area contributed by atoms with Gasteiger partial charge in [-0.2, -0.15) is 0 Å². The van der Waals surface area contributed by atoms with E-state index in [4.69, 9.17) is 10.5 Å². The van der Waals surface area contributed by atoms with E-state index >= 15 is 0 Å². The molecule has 0 spiro atoms. The molecule has 0 amide bonds. The summed E-state index contributed by atoms with van der Waals surface area (Å²) in [5.74, 6) is -2.75. The van der Waals surface area contributed by atoms with Crippen molar-refractivity contribution in [3.63, 3.8) is 0 Å². The summed E-state index contributed by atoms with van der Waals surface area (Å²) in [6.07, 6.45) is 1.79. The molecule has 0 radical (unpaired) electrons. The van der Waals surface area contributed by atoms with Gasteiger partial charge >= 0.3 is 11.9 Å². The van der Waals surface area contributed by atoms with Crippen molar-refractivity contribution in [2.45, 2.75) is 74.4 Å². The van der Waals surface area contributed by atoms with E-state index in [1.807, 2.05) is 37.3 Å². The molecule has 3 atom stereocenters. The van der Waals surface area contributed by atoms with E-state index < -0.39 is 51.7 Å². The molecule has 0 saturated heterocycles. The van der Waals surface area contributed by atoms with Crippen LogP contribution in [-0.4, -0.2) is 54.5 Å². The monoisotopic (exact) mass is 532 g/mol. The molecule has 1 aliphatic rings. The fourth-order valence-corrected chi connectivity index (χ4v) is 7.25. The highest BCUT2D eigenvalue weighted by Crippen LogP contribution is 2.41. The molecule has 1 heterocycles. The summed E-state index contributed by atoms with van der Waals surface area (Å²) in [6.45, 7) is 4.04. The third kappa shape index (κ3) is 6.14. The van der Waals surface area contributed by atoms with Gasteiger partial charge in [-0.15, -0.1) is 0 Å². The Morgan fingerprint density at radius 1 is 1.19 bits per heavy atom. The van der Waals surface area contributed by atoms with Gasteiger partial charge in [0.15, 0.2) is 9.84 Å². The summed E-state index contributed by atoms with van der Waals surface area (Å²) < 4.78 is 33.4. The average Bonchev–Trinajstić information content (AvgIpc) is 2.94. The van der Waals surface area contributed by atoms with Crippen LogP contribution in [0.4, 0.5) is 0 Å². The second-order valence-electron chi connectivity index (χ2n) is 9.90. The van der Waals surface area contributed by atoms with Crippen LogP contribution in [0, 0.1) is 0 Å². The Balaban J connectivity index is 2.26. The van der Waals surface area contributed by atoms with Gasteiger partial charge in [0.1, 0.15) is 11.3 Å². The minimum Gasteiger partial charge on any atom is -0.496 e. The van der Waals surface area contributed by atoms with Crippen molar-refractivity contribution in [1.29, 1.82) is 0 Å². The van der Waals surface area contributed by atoms with Crippen LogP contribution in [-0.2, 0) is 25.8 Å². The second kappa shape index (κ2) is 11.2. The lowest BCUT2D eigenvalue weighted by atomic mass is 9.86. The molecule has 5 N–H and O–H groups in total. The summed E-state index contributed by atoms with van der Waals surface area (Å²) >= 11 is 0. The highest BCUT2D eigenvalue weighted by atomic mass is 32.2. The highest BCUT2D eigenvalue weighted by molar-refractivity contribution is 7.91. The van der Waals surface area contributed by atoms with E-state index in [0.29, 0.717) is 18.4 Å². The van der Waals surface area contributed by atoms with Crippen LogP contribution in [0.3, 0.4) is 0 Å². The van der Waals surface area contributed by atoms with Gasteiger partial charge in [0.2, 0.25) is 0 Å². The Kier molecular flexibility index (Phi) is 8.66. The minimum atomic E-state index is -3.84. The average molecular weight is 533 g/mol. The Morgan fingerprint density at radius 3 is 2.41 bits per heavy atom. The highest BCUT2D eigenvalue weighted by Gasteiger charge is 2.43. The van der Waals surface area contributed by atoms with Crippen LogP contribution in [0.15, 0.2) is 47.4 Å². The number of ether oxygens (including phenoxy) is 1. The quantitative estimate of drug-likeness (QED) is 0.341. The van der Waals surface area contributed by atoms with Crippen LogP contribution in [0.25, 0.3) is 0 Å². The Bertz CT molecular complexity index is 1250. The number of aliphatic carboxylic acids is 2. The van der Waals surface area contributed by atoms with Crippen LogP contribution < -0.4 is 15.8 Å². The zero-order valence-corrected chi connectivity index (χ0v) is 22.3. The van der Waals surface area contributed by atoms with Crippen LogP contribution in [0.5, 0.6) is 5.75 Å². The number of benzene rings is 2. The van der Waals surface area contributed by atoms with Gasteiger partial charge in [0.25, 0.3) is 0 Å². The first-order chi connectivity index (χ1) is 17.4. The fraction of sp³-hybridized carbons (Fsp3) is 0.481. The van der Waals surface area contributed by atoms with Gasteiger partial charge < -0.3 is 20.7 Å². The lowest BCUT2D eigenvalue weighted by Gasteiger charge is -2.36. The first kappa shape index (κ1) is 28.6. The minimum absolute atomic E-state index is 0.0690. The van der Waals surface area contributed by atoms with Gasteiger partial charge in [-0.1, -0.05) is 57.0 Å². The molecule has 0 unspecified atom stereocenters. The third-order valence-corrected chi connectivity index (χ3v) is 9.15. The molecule has 0 bridgehead atoms. The number of carboxylic acid groups (broad SMARTS) is 2. The first-order valence-corrected chi connectivity index (χ1v) is 14.1. The summed E-state index contributed by atoms with van der Waals surface area (Å²) in [6, 6.07) is 12.1. The van der Waals surface area contributed by atoms with Crippen LogP contribution in [0.1, 0.15) is 68.7 Å². The van der Waals surface area contributed by atoms with Crippen molar-refractivity contribution in [1.82, 2.24) is 5.32 Å². The third-order valence-electron chi connectivity index (χ3n) is 7.19. The largest absolute Gasteiger partial charge is 0.496 e. The number of carboxylic acids is 2. The van der Waals surface area contributed by atoms with Crippen molar-refractivity contribution in [3.05, 3.63) is 59.2 Å². The summed E-state index contributed by atoms with van der Waals surface area (Å²) in [5.41, 5.74) is 4.79. The molecule has 3 rings (SSSR count). The zero-order chi connectivity index (χ0) is 27.4. The number of nitrogens with two attached hydrogens (primary N) is 1. The number of carbonyl (C=O) groups is 2. The van der Waals surface area contributed by atoms with Gasteiger partial charge in [0, 0.05) is 12.0 Å². The van der Waals surface area contributed by atoms with Gasteiger partial charge in [0.05, 0.1) is 30.2 Å². The molecule has 10 heteroatoms. The number of hydrogen-bond donors (Lipinski definition) is 4. The smallest absolute Gasteiger partial charge is 0.324 e. The molecule has 9 nitrogen and oxygen atoms in total. The van der Waals surface area contributed by atoms with Gasteiger partial charge in [-0.05, 0) is 41.7 Å². The fourth-order valence-electron chi connectivity index (χ4n) is 5.08. The predicted octanol–water partition coefficient (Wildman–Crippen LogP) is 3.30. The second-order valence-corrected chi connectivity index (χ2v) is 11.9. The molecule has 0 aliphatic carbocycles. The summed E-state index contributed by atoms with van der Waals surface area (Å²) in [5, 5.41) is 22.6. The van der Waals surface area contributed by atoms with Gasteiger partial charge in [-0.25, -0.2) is 8.42 Å². The molecule has 202 valence electrons. The molecule has 37 heavy (non-hydrogen) atoms. The van der Waals surface area contributed by atoms with E-state index in [-0.39, 0.29) is 22.0 Å². The Morgan fingerprint density at radius 2 is 1.86 bits per heavy atom. The molecule has 0 saturated carbocycles. The first-order valence-electron chi connectivity index (χ1n) is 12.4. The van der Waals surface area contributed by atoms with Crippen molar-refractivity contribution in [3.8, 4) is 5.75 Å². The molecular weight excluding hydrogens is 496 g/mol. The molecular formula is C27H36N2O7S. The maximum absolute atomic E-state index is 13.9. The lowest BCUT2D eigenvalue weighted by Crippen LogP contribution is -2.51. The molecule has 2 aromatic carbocycles. The normalized spacial score (nSPS) is 22.3. The zero-order valence-electron chi connectivity index (χ0n) is 21.5. The number of rotatable bonds is 11. The number of unbranched alkanes of at least 4 members (excludes halogenated alkanes) is 1. The topological polar surface area (TPSA) is 156 Å². The molecule has 1 aliphatic heterocycles. The van der Waals surface area contributed by atoms with E-state index in [1.54, 1.807) is 6.07 Å². The lowest BCUT2D eigenvalue weighted by molar-refractivity contribution is -0.149. The molecule has 0 fully saturated rings. The van der Waals surface area contributed by atoms with Crippen molar-refractivity contribution >= 4 is 21.8 Å². The van der Waals surface area contributed by atoms with E-state index in [0.717, 1.165) is 18.4 Å². The Hall–Kier alpha value is -2.95. The van der Waals surface area contributed by atoms with E-state index in [9.17, 15) is 28.2 Å². The summed E-state index contributed by atoms with van der Waals surface area (Å²) in [7, 11) is -2.44. The maximum Gasteiger partial charge on any atom is 0.324 e. The predicted molar refractivity (Wildman–Crippen MR) is 140 cm³/mol. The van der Waals surface area contributed by atoms with Crippen LogP contribution >= 0.6 is 0 Å². The molecule has 0 aromatic heterocycles. The summed E-state index contributed by atoms with van der Waals surface area (Å²) in [4.78, 5) is 23.4. The SMILES string of the molecule is CCCC[C@]1(CC)CS(=O)(=O)c2cc(C[C@@](N)(CC(=O)O)C(=O)O)c(OC)cc2[C@@H](c2ccccc2)N1. The van der Waals surface area contributed by atoms with Crippen molar-refractivity contribution < 1.29 is 33.0 Å². The van der Waals surface area contributed by atoms with E-state index in [1.165, 1.54) is 13.2 Å². The maximum atomic E-state index is 13.9. The Labute approximate surface area is 217 Å². The number of sulfone groups is 1. The van der Waals surface area contributed by atoms with Crippen LogP contribution in [0.2, 0.25) is 0 Å². The number of fused-ring (bicyclic) bond motifs is 1. The number of hydrogen-bond acceptors (Lipinski definition) is 7. The molecule has 2 aromatic rings. The number of methoxy groups -OCH3 is 1. The standard InChI is InChI=1S/C27H36N2O7S/c1-4-6-12-26(5-2)17-37(34,35)22-13-19(15-27(28,25(32)33)16-23(30)31)21(36-3)14-20(22)24(29-26)18-10-8-7-9-11-18/h7-11,13-14,24,29H,4-6,12,15-17,28H2,1-3H3,(H,30,31)(H,32,33)/t24-,26-,27-/m1/s1. The van der Waals surface area contributed by atoms with Gasteiger partial charge in [-0.3, -0.25) is 14.9 Å².